The molecule has 1 fully saturated rings. The van der Waals surface area contributed by atoms with Crippen molar-refractivity contribution in [2.24, 2.45) is 5.92 Å². The number of esters is 1. The highest BCUT2D eigenvalue weighted by Crippen LogP contribution is 2.25. The predicted octanol–water partition coefficient (Wildman–Crippen LogP) is 3.21. The molecule has 1 saturated heterocycles. The lowest BCUT2D eigenvalue weighted by molar-refractivity contribution is -0.150. The van der Waals surface area contributed by atoms with E-state index in [4.69, 9.17) is 27.9 Å². The number of likely N-dealkylation sites (tertiary alicyclic amines) is 1. The normalized spacial score (nSPS) is 18.5. The van der Waals surface area contributed by atoms with Gasteiger partial charge < -0.3 is 10.1 Å². The van der Waals surface area contributed by atoms with Crippen LogP contribution >= 0.6 is 23.2 Å². The van der Waals surface area contributed by atoms with E-state index in [-0.39, 0.29) is 24.3 Å². The monoisotopic (exact) mass is 358 g/mol. The Balaban J connectivity index is 1.89. The third kappa shape index (κ3) is 5.37. The molecule has 1 aromatic rings. The fraction of sp³-hybridized carbons (Fsp3) is 0.500. The summed E-state index contributed by atoms with van der Waals surface area (Å²) in [5, 5.41) is 3.69. The maximum Gasteiger partial charge on any atom is 0.310 e. The Kier molecular flexibility index (Phi) is 6.69. The van der Waals surface area contributed by atoms with Gasteiger partial charge in [0, 0.05) is 11.6 Å². The van der Waals surface area contributed by atoms with Crippen LogP contribution in [0, 0.1) is 5.92 Å². The molecule has 2 rings (SSSR count). The SMILES string of the molecule is CCOC(=O)[C@H]1CCCN(CC(=O)Nc2cc(Cl)ccc2Cl)C1. The van der Waals surface area contributed by atoms with Gasteiger partial charge in [-0.25, -0.2) is 0 Å². The number of rotatable bonds is 5. The van der Waals surface area contributed by atoms with Crippen LogP contribution in [0.4, 0.5) is 5.69 Å². The summed E-state index contributed by atoms with van der Waals surface area (Å²) in [5.41, 5.74) is 0.489. The van der Waals surface area contributed by atoms with Crippen LogP contribution in [0.3, 0.4) is 0 Å². The van der Waals surface area contributed by atoms with Crippen LogP contribution in [0.1, 0.15) is 19.8 Å². The molecule has 0 radical (unpaired) electrons. The maximum absolute atomic E-state index is 12.2. The number of nitrogens with one attached hydrogen (secondary N) is 1. The number of carbonyl (C=O) groups is 2. The van der Waals surface area contributed by atoms with Crippen LogP contribution in [-0.2, 0) is 14.3 Å². The first-order chi connectivity index (χ1) is 11.0. The number of halogens is 2. The Morgan fingerprint density at radius 2 is 2.17 bits per heavy atom. The van der Waals surface area contributed by atoms with E-state index >= 15 is 0 Å². The standard InChI is InChI=1S/C16H20Cl2N2O3/c1-2-23-16(22)11-4-3-7-20(9-11)10-15(21)19-14-8-12(17)5-6-13(14)18/h5-6,8,11H,2-4,7,9-10H2,1H3,(H,19,21)/t11-/m0/s1. The van der Waals surface area contributed by atoms with Crippen molar-refractivity contribution in [2.45, 2.75) is 19.8 Å². The average molecular weight is 359 g/mol. The Bertz CT molecular complexity index is 580. The number of anilines is 1. The first kappa shape index (κ1) is 18.0. The Morgan fingerprint density at radius 1 is 1.39 bits per heavy atom. The van der Waals surface area contributed by atoms with Crippen molar-refractivity contribution in [1.29, 1.82) is 0 Å². The van der Waals surface area contributed by atoms with Crippen molar-refractivity contribution in [3.8, 4) is 0 Å². The van der Waals surface area contributed by atoms with Crippen molar-refractivity contribution >= 4 is 40.8 Å². The van der Waals surface area contributed by atoms with E-state index in [0.717, 1.165) is 19.4 Å². The van der Waals surface area contributed by atoms with E-state index < -0.39 is 0 Å². The van der Waals surface area contributed by atoms with Gasteiger partial charge in [0.1, 0.15) is 0 Å². The van der Waals surface area contributed by atoms with Gasteiger partial charge in [0.05, 0.1) is 29.8 Å². The van der Waals surface area contributed by atoms with Gasteiger partial charge in [0.25, 0.3) is 0 Å². The number of amides is 1. The van der Waals surface area contributed by atoms with E-state index in [0.29, 0.717) is 28.9 Å². The summed E-state index contributed by atoms with van der Waals surface area (Å²) in [4.78, 5) is 26.0. The zero-order valence-corrected chi connectivity index (χ0v) is 14.5. The molecule has 0 aromatic heterocycles. The quantitative estimate of drug-likeness (QED) is 0.821. The minimum Gasteiger partial charge on any atom is -0.466 e. The molecule has 1 aromatic carbocycles. The highest BCUT2D eigenvalue weighted by Gasteiger charge is 2.27. The summed E-state index contributed by atoms with van der Waals surface area (Å²) in [6, 6.07) is 4.91. The van der Waals surface area contributed by atoms with E-state index in [1.807, 2.05) is 4.90 Å². The van der Waals surface area contributed by atoms with Gasteiger partial charge in [-0.2, -0.15) is 0 Å². The molecule has 0 bridgehead atoms. The second-order valence-electron chi connectivity index (χ2n) is 5.50. The van der Waals surface area contributed by atoms with Crippen LogP contribution < -0.4 is 5.32 Å². The minimum absolute atomic E-state index is 0.161. The third-order valence-electron chi connectivity index (χ3n) is 3.70. The van der Waals surface area contributed by atoms with Crippen LogP contribution in [0.2, 0.25) is 10.0 Å². The van der Waals surface area contributed by atoms with Crippen molar-refractivity contribution in [1.82, 2.24) is 4.90 Å². The number of benzene rings is 1. The molecule has 0 saturated carbocycles. The van der Waals surface area contributed by atoms with E-state index in [9.17, 15) is 9.59 Å². The van der Waals surface area contributed by atoms with Crippen molar-refractivity contribution in [3.05, 3.63) is 28.2 Å². The highest BCUT2D eigenvalue weighted by atomic mass is 35.5. The van der Waals surface area contributed by atoms with E-state index in [2.05, 4.69) is 5.32 Å². The lowest BCUT2D eigenvalue weighted by atomic mass is 9.98. The van der Waals surface area contributed by atoms with Gasteiger partial charge in [0.15, 0.2) is 0 Å². The fourth-order valence-corrected chi connectivity index (χ4v) is 2.97. The van der Waals surface area contributed by atoms with Gasteiger partial charge in [0.2, 0.25) is 5.91 Å². The molecule has 5 nitrogen and oxygen atoms in total. The maximum atomic E-state index is 12.2. The number of ether oxygens (including phenoxy) is 1. The number of hydrogen-bond acceptors (Lipinski definition) is 4. The largest absolute Gasteiger partial charge is 0.466 e. The molecular weight excluding hydrogens is 339 g/mol. The molecule has 0 spiro atoms. The minimum atomic E-state index is -0.185. The Labute approximate surface area is 145 Å². The lowest BCUT2D eigenvalue weighted by Crippen LogP contribution is -2.43. The van der Waals surface area contributed by atoms with Crippen molar-refractivity contribution < 1.29 is 14.3 Å². The number of piperidine rings is 1. The predicted molar refractivity (Wildman–Crippen MR) is 90.9 cm³/mol. The van der Waals surface area contributed by atoms with E-state index in [1.54, 1.807) is 25.1 Å². The molecule has 0 unspecified atom stereocenters. The third-order valence-corrected chi connectivity index (χ3v) is 4.26. The summed E-state index contributed by atoms with van der Waals surface area (Å²) in [7, 11) is 0. The van der Waals surface area contributed by atoms with Crippen molar-refractivity contribution in [2.75, 3.05) is 31.6 Å². The van der Waals surface area contributed by atoms with Crippen LogP contribution in [0.15, 0.2) is 18.2 Å². The van der Waals surface area contributed by atoms with Crippen LogP contribution in [0.25, 0.3) is 0 Å². The molecule has 1 N–H and O–H groups in total. The molecule has 1 heterocycles. The molecule has 1 amide bonds. The summed E-state index contributed by atoms with van der Waals surface area (Å²) < 4.78 is 5.06. The van der Waals surface area contributed by atoms with Gasteiger partial charge in [-0.05, 0) is 44.5 Å². The first-order valence-electron chi connectivity index (χ1n) is 7.63. The zero-order valence-electron chi connectivity index (χ0n) is 13.0. The summed E-state index contributed by atoms with van der Waals surface area (Å²) in [6.07, 6.45) is 1.67. The molecule has 1 atom stereocenters. The topological polar surface area (TPSA) is 58.6 Å². The van der Waals surface area contributed by atoms with Gasteiger partial charge in [-0.3, -0.25) is 14.5 Å². The fourth-order valence-electron chi connectivity index (χ4n) is 2.64. The highest BCUT2D eigenvalue weighted by molar-refractivity contribution is 6.35. The number of carbonyl (C=O) groups excluding carboxylic acids is 2. The molecule has 126 valence electrons. The summed E-state index contributed by atoms with van der Waals surface area (Å²) in [5.74, 6) is -0.527. The first-order valence-corrected chi connectivity index (χ1v) is 8.39. The lowest BCUT2D eigenvalue weighted by Gasteiger charge is -2.30. The van der Waals surface area contributed by atoms with Crippen LogP contribution in [-0.4, -0.2) is 43.0 Å². The van der Waals surface area contributed by atoms with Crippen LogP contribution in [0.5, 0.6) is 0 Å². The van der Waals surface area contributed by atoms with Gasteiger partial charge in [-0.1, -0.05) is 23.2 Å². The average Bonchev–Trinajstić information content (AvgIpc) is 2.51. The molecule has 1 aliphatic rings. The van der Waals surface area contributed by atoms with Crippen molar-refractivity contribution in [3.63, 3.8) is 0 Å². The number of hydrogen-bond donors (Lipinski definition) is 1. The smallest absolute Gasteiger partial charge is 0.310 e. The van der Waals surface area contributed by atoms with Gasteiger partial charge >= 0.3 is 5.97 Å². The number of nitrogens with zero attached hydrogens (tertiary/aromatic N) is 1. The van der Waals surface area contributed by atoms with Gasteiger partial charge in [-0.15, -0.1) is 0 Å². The van der Waals surface area contributed by atoms with E-state index in [1.165, 1.54) is 0 Å². The molecular formula is C16H20Cl2N2O3. The second-order valence-corrected chi connectivity index (χ2v) is 6.34. The molecule has 0 aliphatic carbocycles. The molecule has 1 aliphatic heterocycles. The Hall–Kier alpha value is -1.30. The molecule has 7 heteroatoms. The second kappa shape index (κ2) is 8.52. The zero-order chi connectivity index (χ0) is 16.8. The Morgan fingerprint density at radius 3 is 2.91 bits per heavy atom. The summed E-state index contributed by atoms with van der Waals surface area (Å²) >= 11 is 11.9. The molecule has 23 heavy (non-hydrogen) atoms. The summed E-state index contributed by atoms with van der Waals surface area (Å²) in [6.45, 7) is 3.70.